The highest BCUT2D eigenvalue weighted by Gasteiger charge is 2.31. The molecule has 11 aromatic rings. The van der Waals surface area contributed by atoms with Gasteiger partial charge in [-0.15, -0.1) is 0 Å². The average Bonchev–Trinajstić information content (AvgIpc) is 3.87. The molecule has 0 radical (unpaired) electrons. The molecular formula is C59H34F3N5. The molecule has 0 bridgehead atoms. The van der Waals surface area contributed by atoms with Gasteiger partial charge in [-0.3, -0.25) is 0 Å². The predicted octanol–water partition coefficient (Wildman–Crippen LogP) is 16.8. The number of para-hydroxylation sites is 2. The molecule has 2 aromatic heterocycles. The third-order valence-corrected chi connectivity index (χ3v) is 12.6. The predicted molar refractivity (Wildman–Crippen MR) is 264 cm³/mol. The van der Waals surface area contributed by atoms with E-state index in [4.69, 9.17) is 13.1 Å². The lowest BCUT2D eigenvalue weighted by atomic mass is 9.93. The topological polar surface area (TPSA) is 42.4 Å². The second-order valence-electron chi connectivity index (χ2n) is 16.7. The zero-order valence-corrected chi connectivity index (χ0v) is 35.8. The Morgan fingerprint density at radius 3 is 1.57 bits per heavy atom. The van der Waals surface area contributed by atoms with Crippen LogP contribution in [0.4, 0.5) is 24.5 Å². The minimum absolute atomic E-state index is 0.402. The van der Waals surface area contributed by atoms with Crippen LogP contribution in [-0.2, 0) is 6.18 Å². The summed E-state index contributed by atoms with van der Waals surface area (Å²) in [7, 11) is 0. The van der Waals surface area contributed by atoms with Crippen LogP contribution in [0.25, 0.3) is 109 Å². The number of fused-ring (bicyclic) bond motifs is 6. The van der Waals surface area contributed by atoms with E-state index in [2.05, 4.69) is 79.5 Å². The van der Waals surface area contributed by atoms with Crippen molar-refractivity contribution in [2.75, 3.05) is 0 Å². The number of hydrogen-bond donors (Lipinski definition) is 0. The molecule has 5 nitrogen and oxygen atoms in total. The Balaban J connectivity index is 1.21. The zero-order chi connectivity index (χ0) is 46.0. The minimum atomic E-state index is -4.55. The number of rotatable bonds is 6. The number of nitrogens with zero attached hydrogens (tertiary/aromatic N) is 5. The van der Waals surface area contributed by atoms with Gasteiger partial charge in [0.2, 0.25) is 0 Å². The lowest BCUT2D eigenvalue weighted by Crippen LogP contribution is -2.05. The van der Waals surface area contributed by atoms with Gasteiger partial charge < -0.3 is 9.13 Å². The van der Waals surface area contributed by atoms with Crippen molar-refractivity contribution in [2.45, 2.75) is 13.1 Å². The number of halogens is 3. The van der Waals surface area contributed by atoms with Crippen LogP contribution in [0.15, 0.2) is 188 Å². The fourth-order valence-electron chi connectivity index (χ4n) is 9.59. The quantitative estimate of drug-likeness (QED) is 0.154. The first-order valence-corrected chi connectivity index (χ1v) is 21.5. The maximum Gasteiger partial charge on any atom is 0.416 e. The van der Waals surface area contributed by atoms with Gasteiger partial charge in [-0.25, -0.2) is 9.69 Å². The highest BCUT2D eigenvalue weighted by Crippen LogP contribution is 2.45. The van der Waals surface area contributed by atoms with Gasteiger partial charge in [-0.05, 0) is 142 Å². The van der Waals surface area contributed by atoms with E-state index in [-0.39, 0.29) is 0 Å². The van der Waals surface area contributed by atoms with Crippen molar-refractivity contribution in [3.8, 4) is 62.0 Å². The van der Waals surface area contributed by atoms with Crippen molar-refractivity contribution in [2.24, 2.45) is 0 Å². The minimum Gasteiger partial charge on any atom is -0.309 e. The summed E-state index contributed by atoms with van der Waals surface area (Å²) in [5.41, 5.74) is 12.6. The number of nitriles is 1. The summed E-state index contributed by atoms with van der Waals surface area (Å²) in [6, 6.07) is 61.7. The second kappa shape index (κ2) is 15.8. The molecule has 0 aliphatic rings. The number of benzene rings is 9. The maximum absolute atomic E-state index is 14.4. The van der Waals surface area contributed by atoms with E-state index >= 15 is 0 Å². The summed E-state index contributed by atoms with van der Waals surface area (Å²) in [4.78, 5) is 7.56. The summed E-state index contributed by atoms with van der Waals surface area (Å²) >= 11 is 0. The Labute approximate surface area is 383 Å². The Kier molecular flexibility index (Phi) is 9.59. The van der Waals surface area contributed by atoms with E-state index in [1.807, 2.05) is 97.1 Å². The highest BCUT2D eigenvalue weighted by atomic mass is 19.4. The highest BCUT2D eigenvalue weighted by molar-refractivity contribution is 6.13. The number of alkyl halides is 3. The largest absolute Gasteiger partial charge is 0.416 e. The molecule has 11 rings (SSSR count). The van der Waals surface area contributed by atoms with Crippen molar-refractivity contribution in [1.82, 2.24) is 9.13 Å². The van der Waals surface area contributed by atoms with E-state index in [9.17, 15) is 18.4 Å². The number of aryl methyl sites for hydroxylation is 1. The molecular weight excluding hydrogens is 836 g/mol. The second-order valence-corrected chi connectivity index (χ2v) is 16.7. The number of aromatic nitrogens is 2. The van der Waals surface area contributed by atoms with Crippen LogP contribution in [0.3, 0.4) is 0 Å². The van der Waals surface area contributed by atoms with E-state index in [0.717, 1.165) is 83.3 Å². The van der Waals surface area contributed by atoms with Crippen molar-refractivity contribution in [3.63, 3.8) is 0 Å². The Morgan fingerprint density at radius 2 is 0.955 bits per heavy atom. The molecule has 8 heteroatoms. The van der Waals surface area contributed by atoms with Crippen molar-refractivity contribution in [3.05, 3.63) is 228 Å². The van der Waals surface area contributed by atoms with Gasteiger partial charge >= 0.3 is 6.18 Å². The molecule has 67 heavy (non-hydrogen) atoms. The Bertz CT molecular complexity index is 3980. The van der Waals surface area contributed by atoms with Crippen molar-refractivity contribution in [1.29, 1.82) is 5.26 Å². The van der Waals surface area contributed by atoms with Crippen LogP contribution in [0.1, 0.15) is 16.7 Å². The zero-order valence-electron chi connectivity index (χ0n) is 35.8. The summed E-state index contributed by atoms with van der Waals surface area (Å²) in [5.74, 6) is 0. The molecule has 0 unspecified atom stereocenters. The smallest absolute Gasteiger partial charge is 0.309 e. The molecule has 9 aromatic carbocycles. The van der Waals surface area contributed by atoms with Gasteiger partial charge in [0.15, 0.2) is 11.4 Å². The summed E-state index contributed by atoms with van der Waals surface area (Å²) < 4.78 is 47.5. The third-order valence-electron chi connectivity index (χ3n) is 12.6. The van der Waals surface area contributed by atoms with Gasteiger partial charge in [0.1, 0.15) is 0 Å². The van der Waals surface area contributed by atoms with Gasteiger partial charge in [-0.2, -0.15) is 18.4 Å². The first-order valence-electron chi connectivity index (χ1n) is 21.5. The van der Waals surface area contributed by atoms with Crippen LogP contribution >= 0.6 is 0 Å². The molecule has 0 aliphatic heterocycles. The first kappa shape index (κ1) is 40.6. The van der Waals surface area contributed by atoms with Crippen LogP contribution in [0.5, 0.6) is 0 Å². The van der Waals surface area contributed by atoms with E-state index in [1.165, 1.54) is 6.07 Å². The van der Waals surface area contributed by atoms with E-state index in [0.29, 0.717) is 44.8 Å². The maximum atomic E-state index is 14.4. The molecule has 0 saturated heterocycles. The molecule has 2 heterocycles. The van der Waals surface area contributed by atoms with Crippen molar-refractivity contribution < 1.29 is 13.2 Å². The monoisotopic (exact) mass is 869 g/mol. The van der Waals surface area contributed by atoms with Crippen molar-refractivity contribution >= 4 is 55.0 Å². The molecule has 0 N–H and O–H groups in total. The molecule has 0 amide bonds. The normalized spacial score (nSPS) is 11.5. The van der Waals surface area contributed by atoms with Crippen LogP contribution in [0, 0.1) is 31.4 Å². The molecule has 316 valence electrons. The van der Waals surface area contributed by atoms with E-state index < -0.39 is 11.7 Å². The third kappa shape index (κ3) is 6.95. The number of hydrogen-bond acceptors (Lipinski definition) is 1. The summed E-state index contributed by atoms with van der Waals surface area (Å²) in [6.45, 7) is 17.5. The van der Waals surface area contributed by atoms with Crippen LogP contribution in [0.2, 0.25) is 0 Å². The summed E-state index contributed by atoms with van der Waals surface area (Å²) in [6.07, 6.45) is -4.55. The molecule has 0 spiro atoms. The molecule has 0 aliphatic carbocycles. The fraction of sp³-hybridized carbons (Fsp3) is 0.0339. The van der Waals surface area contributed by atoms with E-state index in [1.54, 1.807) is 31.2 Å². The standard InChI is InChI=1S/C59H34F3N5/c1-36-26-43(29-44(27-36)59(60,61)62)42-20-24-57(66-53-16-6-4-14-47(53)49-31-40(18-22-55(49)66)38-11-8-10-37(28-38)35-63)51(33-42)52-34-46(65-3)21-25-58(52)67-54-17-7-5-15-48(54)50-32-41(19-23-56(50)67)39-12-9-13-45(30-39)64-2/h4-34H,1H3. The Morgan fingerprint density at radius 1 is 0.448 bits per heavy atom. The SMILES string of the molecule is [C-]#[N+]c1cccc(-c2ccc3c(c2)c2ccccc2n3-c2ccc([N+]#[C-])cc2-c2cc(-c3cc(C)cc(C(F)(F)F)c3)ccc2-n2c3ccccc3c3cc(-c4cccc(C#N)c4)ccc32)c1. The fourth-order valence-corrected chi connectivity index (χ4v) is 9.59. The average molecular weight is 870 g/mol. The first-order chi connectivity index (χ1) is 32.6. The van der Waals surface area contributed by atoms with Gasteiger partial charge in [0.05, 0.1) is 63.8 Å². The van der Waals surface area contributed by atoms with Gasteiger partial charge in [-0.1, -0.05) is 97.1 Å². The van der Waals surface area contributed by atoms with Crippen LogP contribution in [-0.4, -0.2) is 9.13 Å². The lowest BCUT2D eigenvalue weighted by Gasteiger charge is -2.20. The van der Waals surface area contributed by atoms with Gasteiger partial charge in [0.25, 0.3) is 0 Å². The Hall–Kier alpha value is -9.16. The summed E-state index contributed by atoms with van der Waals surface area (Å²) in [5, 5.41) is 13.7. The van der Waals surface area contributed by atoms with Crippen LogP contribution < -0.4 is 0 Å². The van der Waals surface area contributed by atoms with Gasteiger partial charge in [0, 0.05) is 27.1 Å². The molecule has 0 atom stereocenters. The molecule has 0 saturated carbocycles. The molecule has 0 fully saturated rings. The lowest BCUT2D eigenvalue weighted by molar-refractivity contribution is -0.137.